The molecule has 2 aliphatic rings. The van der Waals surface area contributed by atoms with E-state index in [1.807, 2.05) is 0 Å². The zero-order chi connectivity index (χ0) is 14.0. The van der Waals surface area contributed by atoms with Crippen molar-refractivity contribution in [1.82, 2.24) is 10.4 Å². The van der Waals surface area contributed by atoms with Gasteiger partial charge in [-0.2, -0.15) is 0 Å². The van der Waals surface area contributed by atoms with Gasteiger partial charge in [-0.1, -0.05) is 18.2 Å². The maximum absolute atomic E-state index is 13.6. The number of halogens is 1. The summed E-state index contributed by atoms with van der Waals surface area (Å²) in [5.41, 5.74) is 0.296. The maximum atomic E-state index is 13.6. The van der Waals surface area contributed by atoms with Gasteiger partial charge in [0.1, 0.15) is 12.4 Å². The van der Waals surface area contributed by atoms with Crippen LogP contribution in [-0.2, 0) is 16.2 Å². The van der Waals surface area contributed by atoms with Crippen molar-refractivity contribution in [2.75, 3.05) is 13.1 Å². The van der Waals surface area contributed by atoms with Crippen molar-refractivity contribution < 1.29 is 14.0 Å². The van der Waals surface area contributed by atoms with Crippen molar-refractivity contribution in [2.45, 2.75) is 37.8 Å². The molecule has 2 aliphatic heterocycles. The topological polar surface area (TPSA) is 41.6 Å². The Balaban J connectivity index is 1.71. The first-order chi connectivity index (χ1) is 9.71. The quantitative estimate of drug-likeness (QED) is 0.919. The van der Waals surface area contributed by atoms with E-state index in [2.05, 4.69) is 5.32 Å². The summed E-state index contributed by atoms with van der Waals surface area (Å²) >= 11 is 0. The van der Waals surface area contributed by atoms with Gasteiger partial charge in [-0.15, -0.1) is 0 Å². The number of amides is 1. The number of carbonyl (C=O) groups is 1. The Morgan fingerprint density at radius 1 is 1.25 bits per heavy atom. The molecule has 108 valence electrons. The van der Waals surface area contributed by atoms with Crippen molar-refractivity contribution >= 4 is 5.91 Å². The molecule has 2 saturated heterocycles. The fraction of sp³-hybridized carbons (Fsp3) is 0.533. The Labute approximate surface area is 117 Å². The molecule has 0 unspecified atom stereocenters. The largest absolute Gasteiger partial charge is 0.317 e. The minimum Gasteiger partial charge on any atom is -0.317 e. The second-order valence-electron chi connectivity index (χ2n) is 5.53. The van der Waals surface area contributed by atoms with E-state index < -0.39 is 0 Å². The average molecular weight is 278 g/mol. The first-order valence-electron chi connectivity index (χ1n) is 7.11. The third kappa shape index (κ3) is 2.43. The number of nitrogens with zero attached hydrogens (tertiary/aromatic N) is 1. The van der Waals surface area contributed by atoms with Crippen molar-refractivity contribution in [1.29, 1.82) is 0 Å². The van der Waals surface area contributed by atoms with Gasteiger partial charge in [0.2, 0.25) is 5.91 Å². The number of hydrogen-bond acceptors (Lipinski definition) is 3. The van der Waals surface area contributed by atoms with Crippen LogP contribution in [0.3, 0.4) is 0 Å². The van der Waals surface area contributed by atoms with Gasteiger partial charge in [-0.05, 0) is 38.4 Å². The summed E-state index contributed by atoms with van der Waals surface area (Å²) in [4.78, 5) is 17.7. The van der Waals surface area contributed by atoms with E-state index in [0.29, 0.717) is 12.0 Å². The molecule has 1 amide bonds. The van der Waals surface area contributed by atoms with Crippen molar-refractivity contribution in [3.63, 3.8) is 0 Å². The molecule has 0 radical (unpaired) electrons. The van der Waals surface area contributed by atoms with Crippen LogP contribution in [0.25, 0.3) is 0 Å². The van der Waals surface area contributed by atoms with E-state index in [1.54, 1.807) is 18.2 Å². The van der Waals surface area contributed by atoms with Gasteiger partial charge in [0.05, 0.1) is 5.54 Å². The summed E-state index contributed by atoms with van der Waals surface area (Å²) < 4.78 is 13.6. The SMILES string of the molecule is O=C1CCC2(CCNCC2)N1OCc1ccccc1F. The number of nitrogens with one attached hydrogen (secondary N) is 1. The lowest BCUT2D eigenvalue weighted by atomic mass is 9.87. The smallest absolute Gasteiger partial charge is 0.246 e. The van der Waals surface area contributed by atoms with Gasteiger partial charge in [0.15, 0.2) is 0 Å². The highest BCUT2D eigenvalue weighted by Gasteiger charge is 2.47. The molecule has 5 heteroatoms. The van der Waals surface area contributed by atoms with Gasteiger partial charge < -0.3 is 5.32 Å². The molecule has 0 saturated carbocycles. The third-order valence-electron chi connectivity index (χ3n) is 4.30. The molecule has 4 nitrogen and oxygen atoms in total. The first-order valence-corrected chi connectivity index (χ1v) is 7.11. The number of rotatable bonds is 3. The monoisotopic (exact) mass is 278 g/mol. The summed E-state index contributed by atoms with van der Waals surface area (Å²) in [6, 6.07) is 6.51. The van der Waals surface area contributed by atoms with E-state index >= 15 is 0 Å². The van der Waals surface area contributed by atoms with Crippen LogP contribution in [0.15, 0.2) is 24.3 Å². The molecule has 0 atom stereocenters. The maximum Gasteiger partial charge on any atom is 0.246 e. The standard InChI is InChI=1S/C15H19FN2O2/c16-13-4-2-1-3-12(13)11-20-18-14(19)5-6-15(18)7-9-17-10-8-15/h1-4,17H,5-11H2. The molecule has 3 rings (SSSR count). The van der Waals surface area contributed by atoms with Gasteiger partial charge in [0, 0.05) is 12.0 Å². The van der Waals surface area contributed by atoms with Crippen molar-refractivity contribution in [3.05, 3.63) is 35.6 Å². The van der Waals surface area contributed by atoms with Crippen LogP contribution < -0.4 is 5.32 Å². The van der Waals surface area contributed by atoms with E-state index in [9.17, 15) is 9.18 Å². The molecule has 20 heavy (non-hydrogen) atoms. The molecule has 0 aromatic heterocycles. The molecule has 2 heterocycles. The fourth-order valence-corrected chi connectivity index (χ4v) is 3.11. The highest BCUT2D eigenvalue weighted by atomic mass is 19.1. The minimum absolute atomic E-state index is 0.0169. The van der Waals surface area contributed by atoms with Gasteiger partial charge in [-0.3, -0.25) is 9.63 Å². The number of benzene rings is 1. The molecule has 1 N–H and O–H groups in total. The highest BCUT2D eigenvalue weighted by molar-refractivity contribution is 5.78. The average Bonchev–Trinajstić information content (AvgIpc) is 2.76. The molecule has 1 aromatic rings. The van der Waals surface area contributed by atoms with Crippen LogP contribution in [-0.4, -0.2) is 29.6 Å². The molecular formula is C15H19FN2O2. The van der Waals surface area contributed by atoms with Crippen LogP contribution in [0.4, 0.5) is 4.39 Å². The van der Waals surface area contributed by atoms with E-state index in [0.717, 1.165) is 32.4 Å². The van der Waals surface area contributed by atoms with Gasteiger partial charge in [-0.25, -0.2) is 9.45 Å². The van der Waals surface area contributed by atoms with Crippen LogP contribution in [0.1, 0.15) is 31.2 Å². The normalized spacial score (nSPS) is 21.6. The Kier molecular flexibility index (Phi) is 3.72. The Hall–Kier alpha value is -1.46. The lowest BCUT2D eigenvalue weighted by molar-refractivity contribution is -0.220. The van der Waals surface area contributed by atoms with Gasteiger partial charge in [0.25, 0.3) is 0 Å². The number of hydroxylamine groups is 2. The van der Waals surface area contributed by atoms with Crippen molar-refractivity contribution in [3.8, 4) is 0 Å². The Morgan fingerprint density at radius 2 is 2.00 bits per heavy atom. The summed E-state index contributed by atoms with van der Waals surface area (Å²) in [6.45, 7) is 1.90. The van der Waals surface area contributed by atoms with Crippen LogP contribution in [0, 0.1) is 5.82 Å². The number of piperidine rings is 1. The number of hydrogen-bond donors (Lipinski definition) is 1. The minimum atomic E-state index is -0.293. The molecule has 0 aliphatic carbocycles. The van der Waals surface area contributed by atoms with Crippen LogP contribution >= 0.6 is 0 Å². The zero-order valence-electron chi connectivity index (χ0n) is 11.4. The Morgan fingerprint density at radius 3 is 2.75 bits per heavy atom. The summed E-state index contributed by atoms with van der Waals surface area (Å²) in [7, 11) is 0. The first kappa shape index (κ1) is 13.5. The predicted molar refractivity (Wildman–Crippen MR) is 72.1 cm³/mol. The molecule has 0 bridgehead atoms. The summed E-state index contributed by atoms with van der Waals surface area (Å²) in [6.07, 6.45) is 3.16. The Bertz CT molecular complexity index is 500. The second kappa shape index (κ2) is 5.50. The second-order valence-corrected chi connectivity index (χ2v) is 5.53. The van der Waals surface area contributed by atoms with Gasteiger partial charge >= 0.3 is 0 Å². The lowest BCUT2D eigenvalue weighted by Crippen LogP contribution is -2.51. The molecule has 1 aromatic carbocycles. The van der Waals surface area contributed by atoms with E-state index in [1.165, 1.54) is 11.1 Å². The predicted octanol–water partition coefficient (Wildman–Crippen LogP) is 2.00. The summed E-state index contributed by atoms with van der Waals surface area (Å²) in [5.74, 6) is -0.276. The lowest BCUT2D eigenvalue weighted by Gasteiger charge is -2.40. The van der Waals surface area contributed by atoms with E-state index in [-0.39, 0.29) is 23.9 Å². The molecule has 2 fully saturated rings. The molecule has 1 spiro atoms. The van der Waals surface area contributed by atoms with E-state index in [4.69, 9.17) is 4.84 Å². The zero-order valence-corrected chi connectivity index (χ0v) is 11.4. The summed E-state index contributed by atoms with van der Waals surface area (Å²) in [5, 5.41) is 4.83. The fourth-order valence-electron chi connectivity index (χ4n) is 3.11. The van der Waals surface area contributed by atoms with Crippen molar-refractivity contribution in [2.24, 2.45) is 0 Å². The van der Waals surface area contributed by atoms with Crippen LogP contribution in [0.2, 0.25) is 0 Å². The third-order valence-corrected chi connectivity index (χ3v) is 4.30. The number of carbonyl (C=O) groups excluding carboxylic acids is 1. The van der Waals surface area contributed by atoms with Crippen LogP contribution in [0.5, 0.6) is 0 Å². The highest BCUT2D eigenvalue weighted by Crippen LogP contribution is 2.38. The molecular weight excluding hydrogens is 259 g/mol.